The van der Waals surface area contributed by atoms with E-state index in [1.807, 2.05) is 17.5 Å². The Hall–Kier alpha value is -1.40. The van der Waals surface area contributed by atoms with Crippen LogP contribution in [0.3, 0.4) is 0 Å². The fourth-order valence-electron chi connectivity index (χ4n) is 2.82. The summed E-state index contributed by atoms with van der Waals surface area (Å²) in [6, 6.07) is 3.98. The molecule has 0 radical (unpaired) electrons. The zero-order chi connectivity index (χ0) is 14.8. The van der Waals surface area contributed by atoms with Crippen LogP contribution >= 0.6 is 22.7 Å². The van der Waals surface area contributed by atoms with Gasteiger partial charge in [0.15, 0.2) is 0 Å². The van der Waals surface area contributed by atoms with E-state index < -0.39 is 5.97 Å². The van der Waals surface area contributed by atoms with Gasteiger partial charge in [-0.25, -0.2) is 0 Å². The Kier molecular flexibility index (Phi) is 4.26. The van der Waals surface area contributed by atoms with Crippen molar-refractivity contribution < 1.29 is 14.7 Å². The summed E-state index contributed by atoms with van der Waals surface area (Å²) in [5.41, 5.74) is 0. The summed E-state index contributed by atoms with van der Waals surface area (Å²) in [4.78, 5) is 23.8. The summed E-state index contributed by atoms with van der Waals surface area (Å²) in [6.07, 6.45) is 3.22. The first kappa shape index (κ1) is 14.5. The molecule has 2 aromatic rings. The molecular weight excluding hydrogens is 306 g/mol. The van der Waals surface area contributed by atoms with E-state index in [9.17, 15) is 9.59 Å². The lowest BCUT2D eigenvalue weighted by atomic mass is 9.82. The van der Waals surface area contributed by atoms with Gasteiger partial charge >= 0.3 is 5.97 Å². The first-order chi connectivity index (χ1) is 10.1. The molecule has 0 saturated heterocycles. The molecule has 2 heterocycles. The number of fused-ring (bicyclic) bond motifs is 1. The van der Waals surface area contributed by atoms with Crippen molar-refractivity contribution in [2.45, 2.75) is 25.7 Å². The Labute approximate surface area is 130 Å². The Morgan fingerprint density at radius 2 is 2.00 bits per heavy atom. The molecule has 1 aliphatic rings. The van der Waals surface area contributed by atoms with Crippen LogP contribution < -0.4 is 5.32 Å². The molecule has 1 fully saturated rings. The van der Waals surface area contributed by atoms with Crippen LogP contribution in [0.25, 0.3) is 9.40 Å². The maximum absolute atomic E-state index is 12.1. The Bertz CT molecular complexity index is 624. The summed E-state index contributed by atoms with van der Waals surface area (Å²) < 4.78 is 2.32. The van der Waals surface area contributed by atoms with Crippen molar-refractivity contribution in [3.8, 4) is 0 Å². The van der Waals surface area contributed by atoms with Crippen molar-refractivity contribution >= 4 is 43.9 Å². The van der Waals surface area contributed by atoms with E-state index in [1.54, 1.807) is 11.3 Å². The van der Waals surface area contributed by atoms with E-state index in [0.717, 1.165) is 40.0 Å². The fraction of sp³-hybridized carbons (Fsp3) is 0.467. The van der Waals surface area contributed by atoms with Crippen molar-refractivity contribution in [1.29, 1.82) is 0 Å². The molecule has 112 valence electrons. The van der Waals surface area contributed by atoms with E-state index in [2.05, 4.69) is 5.32 Å². The highest BCUT2D eigenvalue weighted by molar-refractivity contribution is 7.27. The fourth-order valence-corrected chi connectivity index (χ4v) is 4.84. The molecule has 4 nitrogen and oxygen atoms in total. The van der Waals surface area contributed by atoms with Gasteiger partial charge in [0, 0.05) is 15.9 Å². The number of hydrogen-bond acceptors (Lipinski definition) is 4. The predicted octanol–water partition coefficient (Wildman–Crippen LogP) is 3.58. The van der Waals surface area contributed by atoms with Crippen molar-refractivity contribution in [3.05, 3.63) is 22.4 Å². The monoisotopic (exact) mass is 323 g/mol. The standard InChI is InChI=1S/C15H17NO3S2/c17-14(13-7-12-11(21-13)5-6-20-12)16-8-9-1-3-10(4-2-9)15(18)19/h5-7,9-10H,1-4,8H2,(H,16,17)(H,18,19). The van der Waals surface area contributed by atoms with Crippen molar-refractivity contribution in [3.63, 3.8) is 0 Å². The summed E-state index contributed by atoms with van der Waals surface area (Å²) in [5.74, 6) is -0.480. The molecule has 3 rings (SSSR count). The third-order valence-electron chi connectivity index (χ3n) is 4.11. The summed E-state index contributed by atoms with van der Waals surface area (Å²) >= 11 is 3.17. The number of carbonyl (C=O) groups excluding carboxylic acids is 1. The first-order valence-electron chi connectivity index (χ1n) is 7.11. The van der Waals surface area contributed by atoms with Crippen LogP contribution in [0.5, 0.6) is 0 Å². The van der Waals surface area contributed by atoms with E-state index in [-0.39, 0.29) is 11.8 Å². The minimum Gasteiger partial charge on any atom is -0.481 e. The molecular formula is C15H17NO3S2. The first-order valence-corrected chi connectivity index (χ1v) is 8.81. The molecule has 2 N–H and O–H groups in total. The number of carboxylic acids is 1. The molecule has 21 heavy (non-hydrogen) atoms. The van der Waals surface area contributed by atoms with E-state index in [0.29, 0.717) is 12.5 Å². The Morgan fingerprint density at radius 3 is 2.67 bits per heavy atom. The quantitative estimate of drug-likeness (QED) is 0.903. The van der Waals surface area contributed by atoms with Crippen LogP contribution in [0.1, 0.15) is 35.4 Å². The number of carboxylic acid groups (broad SMARTS) is 1. The average Bonchev–Trinajstić information content (AvgIpc) is 3.06. The highest BCUT2D eigenvalue weighted by Gasteiger charge is 2.26. The lowest BCUT2D eigenvalue weighted by Crippen LogP contribution is -2.32. The third kappa shape index (κ3) is 3.27. The van der Waals surface area contributed by atoms with Crippen molar-refractivity contribution in [1.82, 2.24) is 5.32 Å². The molecule has 0 aliphatic heterocycles. The lowest BCUT2D eigenvalue weighted by Gasteiger charge is -2.26. The van der Waals surface area contributed by atoms with Gasteiger partial charge < -0.3 is 10.4 Å². The van der Waals surface area contributed by atoms with Crippen LogP contribution in [0, 0.1) is 11.8 Å². The average molecular weight is 323 g/mol. The number of carbonyl (C=O) groups is 2. The second-order valence-electron chi connectivity index (χ2n) is 5.53. The molecule has 0 bridgehead atoms. The molecule has 1 saturated carbocycles. The predicted molar refractivity (Wildman–Crippen MR) is 85.1 cm³/mol. The SMILES string of the molecule is O=C(NCC1CCC(C(=O)O)CC1)c1cc2sccc2s1. The largest absolute Gasteiger partial charge is 0.481 e. The molecule has 1 amide bonds. The maximum atomic E-state index is 12.1. The number of aliphatic carboxylic acids is 1. The summed E-state index contributed by atoms with van der Waals surface area (Å²) in [7, 11) is 0. The van der Waals surface area contributed by atoms with Crippen molar-refractivity contribution in [2.24, 2.45) is 11.8 Å². The van der Waals surface area contributed by atoms with Gasteiger partial charge in [-0.2, -0.15) is 0 Å². The highest BCUT2D eigenvalue weighted by Crippen LogP contribution is 2.31. The van der Waals surface area contributed by atoms with Crippen LogP contribution in [0.15, 0.2) is 17.5 Å². The second kappa shape index (κ2) is 6.15. The van der Waals surface area contributed by atoms with Gasteiger partial charge in [-0.3, -0.25) is 9.59 Å². The maximum Gasteiger partial charge on any atom is 0.306 e. The topological polar surface area (TPSA) is 66.4 Å². The smallest absolute Gasteiger partial charge is 0.306 e. The van der Waals surface area contributed by atoms with Gasteiger partial charge in [-0.05, 0) is 49.1 Å². The molecule has 6 heteroatoms. The van der Waals surface area contributed by atoms with E-state index >= 15 is 0 Å². The number of nitrogens with one attached hydrogen (secondary N) is 1. The minimum absolute atomic E-state index is 0.0104. The van der Waals surface area contributed by atoms with Gasteiger partial charge in [0.2, 0.25) is 0 Å². The number of hydrogen-bond donors (Lipinski definition) is 2. The highest BCUT2D eigenvalue weighted by atomic mass is 32.1. The van der Waals surface area contributed by atoms with E-state index in [4.69, 9.17) is 5.11 Å². The van der Waals surface area contributed by atoms with Crippen LogP contribution in [0.4, 0.5) is 0 Å². The van der Waals surface area contributed by atoms with Crippen molar-refractivity contribution in [2.75, 3.05) is 6.54 Å². The normalized spacial score (nSPS) is 22.3. The Morgan fingerprint density at radius 1 is 1.24 bits per heavy atom. The van der Waals surface area contributed by atoms with Gasteiger partial charge in [0.25, 0.3) is 5.91 Å². The molecule has 0 aromatic carbocycles. The van der Waals surface area contributed by atoms with Crippen LogP contribution in [-0.2, 0) is 4.79 Å². The third-order valence-corrected chi connectivity index (χ3v) is 6.20. The van der Waals surface area contributed by atoms with E-state index in [1.165, 1.54) is 11.3 Å². The lowest BCUT2D eigenvalue weighted by molar-refractivity contribution is -0.143. The molecule has 2 aromatic heterocycles. The number of amides is 1. The molecule has 1 aliphatic carbocycles. The molecule has 0 unspecified atom stereocenters. The zero-order valence-electron chi connectivity index (χ0n) is 11.5. The van der Waals surface area contributed by atoms with Gasteiger partial charge in [0.05, 0.1) is 10.8 Å². The molecule has 0 spiro atoms. The van der Waals surface area contributed by atoms with Gasteiger partial charge in [0.1, 0.15) is 0 Å². The minimum atomic E-state index is -0.684. The van der Waals surface area contributed by atoms with Gasteiger partial charge in [-0.1, -0.05) is 0 Å². The zero-order valence-corrected chi connectivity index (χ0v) is 13.1. The summed E-state index contributed by atoms with van der Waals surface area (Å²) in [6.45, 7) is 0.650. The number of thiophene rings is 2. The van der Waals surface area contributed by atoms with Gasteiger partial charge in [-0.15, -0.1) is 22.7 Å². The second-order valence-corrected chi connectivity index (χ2v) is 7.56. The van der Waals surface area contributed by atoms with Crippen LogP contribution in [0.2, 0.25) is 0 Å². The summed E-state index contributed by atoms with van der Waals surface area (Å²) in [5, 5.41) is 14.0. The molecule has 0 atom stereocenters. The number of rotatable bonds is 4. The van der Waals surface area contributed by atoms with Crippen LogP contribution in [-0.4, -0.2) is 23.5 Å². The Balaban J connectivity index is 1.50.